The van der Waals surface area contributed by atoms with Crippen LogP contribution >= 0.6 is 11.6 Å². The molecule has 1 N–H and O–H groups in total. The number of halogens is 1. The summed E-state index contributed by atoms with van der Waals surface area (Å²) in [6.45, 7) is 1.91. The Morgan fingerprint density at radius 1 is 0.941 bits per heavy atom. The minimum Gasteiger partial charge on any atom is -0.462 e. The van der Waals surface area contributed by atoms with Gasteiger partial charge in [0.05, 0.1) is 22.8 Å². The van der Waals surface area contributed by atoms with E-state index in [-0.39, 0.29) is 4.90 Å². The molecule has 3 aromatic carbocycles. The number of para-hydroxylation sites is 1. The van der Waals surface area contributed by atoms with Crippen molar-refractivity contribution in [3.8, 4) is 0 Å². The van der Waals surface area contributed by atoms with Crippen molar-refractivity contribution in [2.24, 2.45) is 0 Å². The molecule has 0 heterocycles. The Morgan fingerprint density at radius 3 is 2.21 bits per heavy atom. The van der Waals surface area contributed by atoms with Crippen molar-refractivity contribution in [1.82, 2.24) is 0 Å². The Hall–Kier alpha value is -3.36. The summed E-state index contributed by atoms with van der Waals surface area (Å²) in [5, 5.41) is 3.08. The summed E-state index contributed by atoms with van der Waals surface area (Å²) < 4.78 is 32.8. The Morgan fingerprint density at radius 2 is 1.59 bits per heavy atom. The van der Waals surface area contributed by atoms with Crippen LogP contribution in [-0.2, 0) is 19.6 Å². The normalized spacial score (nSPS) is 11.0. The van der Waals surface area contributed by atoms with Gasteiger partial charge in [0.1, 0.15) is 6.54 Å². The number of benzene rings is 3. The third kappa shape index (κ3) is 6.59. The second kappa shape index (κ2) is 11.7. The largest absolute Gasteiger partial charge is 0.462 e. The zero-order chi connectivity index (χ0) is 24.6. The molecule has 0 atom stereocenters. The van der Waals surface area contributed by atoms with Crippen molar-refractivity contribution >= 4 is 44.9 Å². The summed E-state index contributed by atoms with van der Waals surface area (Å²) in [7, 11) is -4.03. The number of anilines is 2. The molecule has 0 fully saturated rings. The van der Waals surface area contributed by atoms with Gasteiger partial charge in [0.25, 0.3) is 10.0 Å². The number of hydrogen-bond donors (Lipinski definition) is 1. The number of sulfonamides is 1. The van der Waals surface area contributed by atoms with Crippen molar-refractivity contribution in [3.05, 3.63) is 89.4 Å². The molecule has 34 heavy (non-hydrogen) atoms. The molecular weight excluding hydrogens is 476 g/mol. The van der Waals surface area contributed by atoms with Gasteiger partial charge in [0.15, 0.2) is 0 Å². The van der Waals surface area contributed by atoms with E-state index < -0.39 is 28.4 Å². The lowest BCUT2D eigenvalue weighted by atomic mass is 10.2. The van der Waals surface area contributed by atoms with Crippen molar-refractivity contribution in [1.29, 1.82) is 0 Å². The molecule has 178 valence electrons. The molecule has 3 rings (SSSR count). The van der Waals surface area contributed by atoms with Crippen LogP contribution in [0, 0.1) is 0 Å². The van der Waals surface area contributed by atoms with Gasteiger partial charge in [-0.1, -0.05) is 43.1 Å². The minimum absolute atomic E-state index is 0.0134. The van der Waals surface area contributed by atoms with Gasteiger partial charge in [0, 0.05) is 10.7 Å². The molecule has 3 aromatic rings. The van der Waals surface area contributed by atoms with E-state index in [0.29, 0.717) is 28.6 Å². The van der Waals surface area contributed by atoms with Crippen molar-refractivity contribution in [2.45, 2.75) is 24.7 Å². The fourth-order valence-corrected chi connectivity index (χ4v) is 4.60. The van der Waals surface area contributed by atoms with Crippen LogP contribution in [0.5, 0.6) is 0 Å². The molecule has 0 aliphatic carbocycles. The SMILES string of the molecule is CCCCOC(=O)c1ccc(NC(=O)CN(c2ccccc2)S(=O)(=O)c2ccc(Cl)cc2)cc1. The molecule has 0 radical (unpaired) electrons. The lowest BCUT2D eigenvalue weighted by molar-refractivity contribution is -0.114. The van der Waals surface area contributed by atoms with Gasteiger partial charge in [-0.3, -0.25) is 9.10 Å². The number of nitrogens with zero attached hydrogens (tertiary/aromatic N) is 1. The zero-order valence-corrected chi connectivity index (χ0v) is 20.2. The number of rotatable bonds is 10. The van der Waals surface area contributed by atoms with Crippen LogP contribution in [0.3, 0.4) is 0 Å². The Bertz CT molecular complexity index is 1210. The third-order valence-electron chi connectivity index (χ3n) is 4.87. The first-order valence-electron chi connectivity index (χ1n) is 10.7. The van der Waals surface area contributed by atoms with Gasteiger partial charge in [-0.05, 0) is 67.1 Å². The molecule has 0 unspecified atom stereocenters. The van der Waals surface area contributed by atoms with Gasteiger partial charge in [-0.25, -0.2) is 13.2 Å². The lowest BCUT2D eigenvalue weighted by Gasteiger charge is -2.24. The molecule has 0 bridgehead atoms. The van der Waals surface area contributed by atoms with Crippen molar-refractivity contribution in [3.63, 3.8) is 0 Å². The summed E-state index contributed by atoms with van der Waals surface area (Å²) in [4.78, 5) is 24.8. The number of nitrogens with one attached hydrogen (secondary N) is 1. The smallest absolute Gasteiger partial charge is 0.338 e. The fourth-order valence-electron chi connectivity index (χ4n) is 3.06. The van der Waals surface area contributed by atoms with Crippen LogP contribution in [0.25, 0.3) is 0 Å². The number of esters is 1. The van der Waals surface area contributed by atoms with Gasteiger partial charge in [0.2, 0.25) is 5.91 Å². The second-order valence-corrected chi connectivity index (χ2v) is 9.71. The number of hydrogen-bond acceptors (Lipinski definition) is 5. The van der Waals surface area contributed by atoms with Gasteiger partial charge < -0.3 is 10.1 Å². The van der Waals surface area contributed by atoms with E-state index in [1.807, 2.05) is 6.92 Å². The molecule has 1 amide bonds. The highest BCUT2D eigenvalue weighted by Crippen LogP contribution is 2.24. The maximum absolute atomic E-state index is 13.3. The fraction of sp³-hybridized carbons (Fsp3) is 0.200. The summed E-state index contributed by atoms with van der Waals surface area (Å²) in [6, 6.07) is 20.3. The van der Waals surface area contributed by atoms with E-state index in [4.69, 9.17) is 16.3 Å². The van der Waals surface area contributed by atoms with E-state index in [2.05, 4.69) is 5.32 Å². The van der Waals surface area contributed by atoms with Gasteiger partial charge in [-0.15, -0.1) is 0 Å². The number of carbonyl (C=O) groups is 2. The molecule has 0 aliphatic rings. The summed E-state index contributed by atoms with van der Waals surface area (Å²) in [6.07, 6.45) is 1.71. The van der Waals surface area contributed by atoms with E-state index in [1.165, 1.54) is 24.3 Å². The first-order valence-corrected chi connectivity index (χ1v) is 12.5. The van der Waals surface area contributed by atoms with Gasteiger partial charge in [-0.2, -0.15) is 0 Å². The van der Waals surface area contributed by atoms with Gasteiger partial charge >= 0.3 is 5.97 Å². The van der Waals surface area contributed by atoms with Crippen LogP contribution < -0.4 is 9.62 Å². The first kappa shape index (κ1) is 25.3. The third-order valence-corrected chi connectivity index (χ3v) is 6.91. The highest BCUT2D eigenvalue weighted by Gasteiger charge is 2.27. The Balaban J connectivity index is 1.75. The first-order chi connectivity index (χ1) is 16.3. The molecule has 0 saturated heterocycles. The summed E-state index contributed by atoms with van der Waals surface area (Å²) in [5.41, 5.74) is 1.13. The molecule has 0 aliphatic heterocycles. The van der Waals surface area contributed by atoms with E-state index >= 15 is 0 Å². The highest BCUT2D eigenvalue weighted by atomic mass is 35.5. The monoisotopic (exact) mass is 500 g/mol. The van der Waals surface area contributed by atoms with Crippen LogP contribution in [0.4, 0.5) is 11.4 Å². The topological polar surface area (TPSA) is 92.8 Å². The van der Waals surface area contributed by atoms with E-state index in [9.17, 15) is 18.0 Å². The molecule has 0 saturated carbocycles. The quantitative estimate of drug-likeness (QED) is 0.307. The summed E-state index contributed by atoms with van der Waals surface area (Å²) in [5.74, 6) is -0.977. The molecule has 9 heteroatoms. The predicted octanol–water partition coefficient (Wildman–Crippen LogP) is 5.13. The van der Waals surface area contributed by atoms with Crippen LogP contribution in [0.2, 0.25) is 5.02 Å². The van der Waals surface area contributed by atoms with Crippen molar-refractivity contribution < 1.29 is 22.7 Å². The molecule has 0 spiro atoms. The summed E-state index contributed by atoms with van der Waals surface area (Å²) >= 11 is 5.89. The molecular formula is C25H25ClN2O5S. The number of ether oxygens (including phenoxy) is 1. The number of carbonyl (C=O) groups excluding carboxylic acids is 2. The van der Waals surface area contributed by atoms with E-state index in [1.54, 1.807) is 54.6 Å². The number of amides is 1. The maximum Gasteiger partial charge on any atom is 0.338 e. The lowest BCUT2D eigenvalue weighted by Crippen LogP contribution is -2.38. The molecule has 0 aromatic heterocycles. The van der Waals surface area contributed by atoms with Crippen molar-refractivity contribution in [2.75, 3.05) is 22.8 Å². The highest BCUT2D eigenvalue weighted by molar-refractivity contribution is 7.92. The predicted molar refractivity (Wildman–Crippen MR) is 133 cm³/mol. The van der Waals surface area contributed by atoms with E-state index in [0.717, 1.165) is 17.1 Å². The van der Waals surface area contributed by atoms with Crippen LogP contribution in [0.15, 0.2) is 83.8 Å². The van der Waals surface area contributed by atoms with Crippen LogP contribution in [-0.4, -0.2) is 33.4 Å². The Labute approximate surface area is 204 Å². The molecule has 7 nitrogen and oxygen atoms in total. The van der Waals surface area contributed by atoms with Crippen LogP contribution in [0.1, 0.15) is 30.1 Å². The Kier molecular flexibility index (Phi) is 8.67. The minimum atomic E-state index is -4.03. The average Bonchev–Trinajstić information content (AvgIpc) is 2.84. The number of unbranched alkanes of at least 4 members (excludes halogenated alkanes) is 1. The standard InChI is InChI=1S/C25H25ClN2O5S/c1-2-3-17-33-25(30)19-9-13-21(14-10-19)27-24(29)18-28(22-7-5-4-6-8-22)34(31,32)23-15-11-20(26)12-16-23/h4-16H,2-3,17-18H2,1H3,(H,27,29). The zero-order valence-electron chi connectivity index (χ0n) is 18.6. The maximum atomic E-state index is 13.3. The average molecular weight is 501 g/mol. The second-order valence-electron chi connectivity index (χ2n) is 7.42.